The molecule has 0 spiro atoms. The van der Waals surface area contributed by atoms with E-state index in [0.717, 1.165) is 29.7 Å². The highest BCUT2D eigenvalue weighted by molar-refractivity contribution is 5.95. The number of rotatable bonds is 12. The fourth-order valence-corrected chi connectivity index (χ4v) is 2.78. The van der Waals surface area contributed by atoms with E-state index in [9.17, 15) is 9.59 Å². The summed E-state index contributed by atoms with van der Waals surface area (Å²) in [7, 11) is 2.91. The molecule has 0 fully saturated rings. The standard InChI is InChI=1S/C22H32O5/c1-16(2)20-11-7-10-18(22(20)27-15-25-4)9-6-8-17(3)12-13-19(23)14-21(24)26-5/h7-8,10-11,16H,6,9,12-15H2,1-5H3/b17-8+. The van der Waals surface area contributed by atoms with Gasteiger partial charge >= 0.3 is 5.97 Å². The van der Waals surface area contributed by atoms with E-state index in [1.54, 1.807) is 7.11 Å². The number of Topliss-reactive ketones (excluding diaryl/α,β-unsaturated/α-hetero) is 1. The van der Waals surface area contributed by atoms with Crippen LogP contribution in [-0.4, -0.2) is 32.8 Å². The van der Waals surface area contributed by atoms with Gasteiger partial charge < -0.3 is 14.2 Å². The van der Waals surface area contributed by atoms with E-state index >= 15 is 0 Å². The number of benzene rings is 1. The molecule has 27 heavy (non-hydrogen) atoms. The molecule has 0 saturated heterocycles. The molecule has 0 aliphatic heterocycles. The van der Waals surface area contributed by atoms with Gasteiger partial charge in [0.15, 0.2) is 6.79 Å². The summed E-state index contributed by atoms with van der Waals surface area (Å²) < 4.78 is 15.4. The normalized spacial score (nSPS) is 11.6. The van der Waals surface area contributed by atoms with Gasteiger partial charge in [-0.3, -0.25) is 9.59 Å². The lowest BCUT2D eigenvalue weighted by atomic mass is 9.96. The molecule has 0 bridgehead atoms. The summed E-state index contributed by atoms with van der Waals surface area (Å²) in [5.74, 6) is 0.716. The van der Waals surface area contributed by atoms with Gasteiger partial charge in [-0.1, -0.05) is 43.7 Å². The molecule has 0 saturated carbocycles. The van der Waals surface area contributed by atoms with Crippen LogP contribution in [-0.2, 0) is 25.5 Å². The van der Waals surface area contributed by atoms with Crippen molar-refractivity contribution in [3.8, 4) is 5.75 Å². The summed E-state index contributed by atoms with van der Waals surface area (Å²) in [6.45, 7) is 6.54. The number of allylic oxidation sites excluding steroid dienone is 2. The van der Waals surface area contributed by atoms with Gasteiger partial charge in [-0.05, 0) is 43.2 Å². The minimum Gasteiger partial charge on any atom is -0.469 e. The topological polar surface area (TPSA) is 61.8 Å². The Kier molecular flexibility index (Phi) is 10.4. The van der Waals surface area contributed by atoms with Crippen molar-refractivity contribution in [2.75, 3.05) is 21.0 Å². The number of hydrogen-bond donors (Lipinski definition) is 0. The Bertz CT molecular complexity index is 646. The minimum atomic E-state index is -0.477. The first-order valence-corrected chi connectivity index (χ1v) is 9.36. The smallest absolute Gasteiger partial charge is 0.313 e. The molecule has 0 atom stereocenters. The van der Waals surface area contributed by atoms with E-state index in [1.165, 1.54) is 12.7 Å². The summed E-state index contributed by atoms with van der Waals surface area (Å²) in [6, 6.07) is 6.24. The van der Waals surface area contributed by atoms with Crippen LogP contribution in [0.1, 0.15) is 63.5 Å². The first-order chi connectivity index (χ1) is 12.9. The lowest BCUT2D eigenvalue weighted by Crippen LogP contribution is -2.09. The number of ether oxygens (including phenoxy) is 3. The molecule has 1 aromatic carbocycles. The maximum Gasteiger partial charge on any atom is 0.313 e. The first-order valence-electron chi connectivity index (χ1n) is 9.36. The third-order valence-electron chi connectivity index (χ3n) is 4.34. The molecule has 0 heterocycles. The van der Waals surface area contributed by atoms with E-state index in [0.29, 0.717) is 18.8 Å². The van der Waals surface area contributed by atoms with Gasteiger partial charge in [0.1, 0.15) is 18.0 Å². The number of carbonyl (C=O) groups excluding carboxylic acids is 2. The van der Waals surface area contributed by atoms with Crippen molar-refractivity contribution in [1.29, 1.82) is 0 Å². The van der Waals surface area contributed by atoms with Gasteiger partial charge in [-0.25, -0.2) is 0 Å². The number of aryl methyl sites for hydroxylation is 1. The highest BCUT2D eigenvalue weighted by Gasteiger charge is 2.13. The summed E-state index contributed by atoms with van der Waals surface area (Å²) in [6.07, 6.45) is 4.74. The van der Waals surface area contributed by atoms with Crippen molar-refractivity contribution in [2.24, 2.45) is 0 Å². The number of ketones is 1. The van der Waals surface area contributed by atoms with Crippen molar-refractivity contribution in [2.45, 2.75) is 58.8 Å². The van der Waals surface area contributed by atoms with Gasteiger partial charge in [0.2, 0.25) is 0 Å². The molecule has 5 nitrogen and oxygen atoms in total. The molecular weight excluding hydrogens is 344 g/mol. The zero-order valence-corrected chi connectivity index (χ0v) is 17.2. The summed E-state index contributed by atoms with van der Waals surface area (Å²) in [5, 5.41) is 0. The number of esters is 1. The van der Waals surface area contributed by atoms with Gasteiger partial charge in [-0.2, -0.15) is 0 Å². The van der Waals surface area contributed by atoms with Crippen molar-refractivity contribution in [1.82, 2.24) is 0 Å². The Morgan fingerprint density at radius 1 is 1.15 bits per heavy atom. The maximum atomic E-state index is 11.7. The Balaban J connectivity index is 2.63. The quantitative estimate of drug-likeness (QED) is 0.231. The summed E-state index contributed by atoms with van der Waals surface area (Å²) in [5.41, 5.74) is 3.48. The molecule has 5 heteroatoms. The monoisotopic (exact) mass is 376 g/mol. The fraction of sp³-hybridized carbons (Fsp3) is 0.545. The van der Waals surface area contributed by atoms with Gasteiger partial charge in [0.05, 0.1) is 7.11 Å². The second-order valence-electron chi connectivity index (χ2n) is 6.92. The molecule has 0 unspecified atom stereocenters. The fourth-order valence-electron chi connectivity index (χ4n) is 2.78. The molecule has 150 valence electrons. The second kappa shape index (κ2) is 12.3. The van der Waals surface area contributed by atoms with Crippen LogP contribution < -0.4 is 4.74 Å². The van der Waals surface area contributed by atoms with Crippen LogP contribution in [0.3, 0.4) is 0 Å². The number of methoxy groups -OCH3 is 2. The van der Waals surface area contributed by atoms with E-state index < -0.39 is 5.97 Å². The van der Waals surface area contributed by atoms with Crippen LogP contribution >= 0.6 is 0 Å². The number of para-hydroxylation sites is 1. The largest absolute Gasteiger partial charge is 0.469 e. The average molecular weight is 376 g/mol. The van der Waals surface area contributed by atoms with Crippen molar-refractivity contribution in [3.63, 3.8) is 0 Å². The molecular formula is C22H32O5. The van der Waals surface area contributed by atoms with Crippen molar-refractivity contribution < 1.29 is 23.8 Å². The second-order valence-corrected chi connectivity index (χ2v) is 6.92. The molecule has 0 N–H and O–H groups in total. The predicted molar refractivity (Wildman–Crippen MR) is 106 cm³/mol. The Morgan fingerprint density at radius 3 is 2.52 bits per heavy atom. The Labute approximate surface area is 162 Å². The Hall–Kier alpha value is -2.14. The van der Waals surface area contributed by atoms with Crippen LogP contribution in [0, 0.1) is 0 Å². The molecule has 1 aromatic rings. The predicted octanol–water partition coefficient (Wildman–Crippen LogP) is 4.58. The van der Waals surface area contributed by atoms with Gasteiger partial charge in [-0.15, -0.1) is 0 Å². The third-order valence-corrected chi connectivity index (χ3v) is 4.34. The highest BCUT2D eigenvalue weighted by Crippen LogP contribution is 2.31. The molecule has 0 radical (unpaired) electrons. The Morgan fingerprint density at radius 2 is 1.89 bits per heavy atom. The van der Waals surface area contributed by atoms with Gasteiger partial charge in [0, 0.05) is 13.5 Å². The lowest BCUT2D eigenvalue weighted by molar-refractivity contribution is -0.143. The molecule has 0 aliphatic rings. The summed E-state index contributed by atoms with van der Waals surface area (Å²) in [4.78, 5) is 22.8. The zero-order valence-electron chi connectivity index (χ0n) is 17.2. The van der Waals surface area contributed by atoms with Crippen molar-refractivity contribution >= 4 is 11.8 Å². The molecule has 0 amide bonds. The van der Waals surface area contributed by atoms with E-state index in [-0.39, 0.29) is 19.0 Å². The van der Waals surface area contributed by atoms with E-state index in [1.807, 2.05) is 6.92 Å². The third kappa shape index (κ3) is 8.39. The molecule has 1 rings (SSSR count). The molecule has 0 aliphatic carbocycles. The highest BCUT2D eigenvalue weighted by atomic mass is 16.7. The number of hydrogen-bond acceptors (Lipinski definition) is 5. The average Bonchev–Trinajstić information content (AvgIpc) is 2.64. The van der Waals surface area contributed by atoms with Gasteiger partial charge in [0.25, 0.3) is 0 Å². The minimum absolute atomic E-state index is 0.0884. The number of carbonyl (C=O) groups is 2. The van der Waals surface area contributed by atoms with Crippen LogP contribution in [0.2, 0.25) is 0 Å². The SMILES string of the molecule is COCOc1c(CC/C=C(\C)CCC(=O)CC(=O)OC)cccc1C(C)C. The van der Waals surface area contributed by atoms with Crippen LogP contribution in [0.4, 0.5) is 0 Å². The lowest BCUT2D eigenvalue weighted by Gasteiger charge is -2.17. The van der Waals surface area contributed by atoms with E-state index in [2.05, 4.69) is 42.9 Å². The summed E-state index contributed by atoms with van der Waals surface area (Å²) >= 11 is 0. The first kappa shape index (κ1) is 22.9. The van der Waals surface area contributed by atoms with E-state index in [4.69, 9.17) is 9.47 Å². The van der Waals surface area contributed by atoms with Crippen molar-refractivity contribution in [3.05, 3.63) is 41.0 Å². The zero-order chi connectivity index (χ0) is 20.2. The van der Waals surface area contributed by atoms with Crippen LogP contribution in [0.5, 0.6) is 5.75 Å². The maximum absolute atomic E-state index is 11.7. The van der Waals surface area contributed by atoms with Crippen LogP contribution in [0.25, 0.3) is 0 Å². The molecule has 0 aromatic heterocycles. The van der Waals surface area contributed by atoms with Crippen LogP contribution in [0.15, 0.2) is 29.8 Å².